The SMILES string of the molecule is N#Cc1ccc([N+](=O)[O-])c(NCc2ccc(C(=O)N3CCCCC3)cc2)c1. The smallest absolute Gasteiger partial charge is 0.292 e. The molecule has 7 nitrogen and oxygen atoms in total. The van der Waals surface area contributed by atoms with Crippen LogP contribution in [0.25, 0.3) is 0 Å². The lowest BCUT2D eigenvalue weighted by atomic mass is 10.1. The number of piperidine rings is 1. The summed E-state index contributed by atoms with van der Waals surface area (Å²) in [6, 6.07) is 13.4. The summed E-state index contributed by atoms with van der Waals surface area (Å²) in [5, 5.41) is 23.1. The molecule has 2 aromatic rings. The molecule has 1 aliphatic heterocycles. The van der Waals surface area contributed by atoms with E-state index < -0.39 is 4.92 Å². The first-order valence-electron chi connectivity index (χ1n) is 8.89. The third kappa shape index (κ3) is 4.42. The second-order valence-corrected chi connectivity index (χ2v) is 6.50. The Morgan fingerprint density at radius 1 is 1.15 bits per heavy atom. The van der Waals surface area contributed by atoms with Crippen LogP contribution < -0.4 is 5.32 Å². The molecule has 0 unspecified atom stereocenters. The number of nitriles is 1. The van der Waals surface area contributed by atoms with Crippen LogP contribution in [0.2, 0.25) is 0 Å². The minimum atomic E-state index is -0.482. The molecule has 0 spiro atoms. The molecule has 138 valence electrons. The summed E-state index contributed by atoms with van der Waals surface area (Å²) in [6.45, 7) is 1.97. The minimum Gasteiger partial charge on any atom is -0.375 e. The van der Waals surface area contributed by atoms with Crippen LogP contribution in [0, 0.1) is 21.4 Å². The Morgan fingerprint density at radius 2 is 1.85 bits per heavy atom. The Morgan fingerprint density at radius 3 is 2.48 bits per heavy atom. The van der Waals surface area contributed by atoms with E-state index in [1.165, 1.54) is 24.6 Å². The second kappa shape index (κ2) is 8.32. The van der Waals surface area contributed by atoms with Gasteiger partial charge in [0.1, 0.15) is 5.69 Å². The minimum absolute atomic E-state index is 0.0477. The van der Waals surface area contributed by atoms with E-state index >= 15 is 0 Å². The van der Waals surface area contributed by atoms with E-state index in [1.54, 1.807) is 12.1 Å². The standard InChI is InChI=1S/C20H20N4O3/c21-13-16-6-9-19(24(26)27)18(12-16)22-14-15-4-7-17(8-5-15)20(25)23-10-2-1-3-11-23/h4-9,12,22H,1-3,10-11,14H2. The Bertz CT molecular complexity index is 881. The summed E-state index contributed by atoms with van der Waals surface area (Å²) >= 11 is 0. The van der Waals surface area contributed by atoms with Crippen LogP contribution >= 0.6 is 0 Å². The Hall–Kier alpha value is -3.40. The zero-order valence-electron chi connectivity index (χ0n) is 14.9. The number of anilines is 1. The van der Waals surface area contributed by atoms with Crippen molar-refractivity contribution >= 4 is 17.3 Å². The summed E-state index contributed by atoms with van der Waals surface area (Å²) in [5.41, 5.74) is 2.11. The molecule has 3 rings (SSSR count). The first-order valence-corrected chi connectivity index (χ1v) is 8.89. The predicted octanol–water partition coefficient (Wildman–Crippen LogP) is 3.70. The molecular weight excluding hydrogens is 344 g/mol. The fourth-order valence-corrected chi connectivity index (χ4v) is 3.15. The van der Waals surface area contributed by atoms with Gasteiger partial charge in [-0.05, 0) is 49.1 Å². The number of carbonyl (C=O) groups excluding carboxylic acids is 1. The zero-order valence-corrected chi connectivity index (χ0v) is 14.9. The van der Waals surface area contributed by atoms with Crippen LogP contribution in [0.1, 0.15) is 40.7 Å². The average Bonchev–Trinajstić information content (AvgIpc) is 2.72. The Kier molecular flexibility index (Phi) is 5.67. The van der Waals surface area contributed by atoms with Crippen LogP contribution in [0.4, 0.5) is 11.4 Å². The molecule has 2 aromatic carbocycles. The summed E-state index contributed by atoms with van der Waals surface area (Å²) in [4.78, 5) is 25.0. The van der Waals surface area contributed by atoms with Crippen LogP contribution in [0.15, 0.2) is 42.5 Å². The molecule has 1 aliphatic rings. The summed E-state index contributed by atoms with van der Waals surface area (Å²) < 4.78 is 0. The monoisotopic (exact) mass is 364 g/mol. The van der Waals surface area contributed by atoms with E-state index in [9.17, 15) is 14.9 Å². The fraction of sp³-hybridized carbons (Fsp3) is 0.300. The van der Waals surface area contributed by atoms with E-state index in [0.717, 1.165) is 31.5 Å². The number of benzene rings is 2. The van der Waals surface area contributed by atoms with E-state index in [2.05, 4.69) is 5.32 Å². The Balaban J connectivity index is 1.68. The van der Waals surface area contributed by atoms with Crippen molar-refractivity contribution in [2.75, 3.05) is 18.4 Å². The molecule has 0 aromatic heterocycles. The Labute approximate surface area is 157 Å². The number of rotatable bonds is 5. The van der Waals surface area contributed by atoms with Crippen molar-refractivity contribution in [3.8, 4) is 6.07 Å². The number of carbonyl (C=O) groups is 1. The van der Waals surface area contributed by atoms with Crippen LogP contribution in [-0.4, -0.2) is 28.8 Å². The van der Waals surface area contributed by atoms with Crippen molar-refractivity contribution in [3.63, 3.8) is 0 Å². The van der Waals surface area contributed by atoms with Crippen molar-refractivity contribution in [1.29, 1.82) is 5.26 Å². The van der Waals surface area contributed by atoms with Crippen LogP contribution in [-0.2, 0) is 6.54 Å². The lowest BCUT2D eigenvalue weighted by Crippen LogP contribution is -2.35. The number of amides is 1. The van der Waals surface area contributed by atoms with Gasteiger partial charge in [-0.15, -0.1) is 0 Å². The molecule has 0 aliphatic carbocycles. The van der Waals surface area contributed by atoms with Gasteiger partial charge in [0.25, 0.3) is 11.6 Å². The molecule has 0 atom stereocenters. The van der Waals surface area contributed by atoms with Gasteiger partial charge in [-0.1, -0.05) is 12.1 Å². The summed E-state index contributed by atoms with van der Waals surface area (Å²) in [6.07, 6.45) is 3.27. The van der Waals surface area contributed by atoms with Gasteiger partial charge < -0.3 is 10.2 Å². The largest absolute Gasteiger partial charge is 0.375 e. The highest BCUT2D eigenvalue weighted by molar-refractivity contribution is 5.94. The van der Waals surface area contributed by atoms with Gasteiger partial charge in [0.15, 0.2) is 0 Å². The molecule has 1 fully saturated rings. The molecule has 1 N–H and O–H groups in total. The van der Waals surface area contributed by atoms with Gasteiger partial charge in [-0.2, -0.15) is 5.26 Å². The van der Waals surface area contributed by atoms with Crippen molar-refractivity contribution in [3.05, 3.63) is 69.3 Å². The number of nitro groups is 1. The summed E-state index contributed by atoms with van der Waals surface area (Å²) in [5.74, 6) is 0.0477. The molecule has 7 heteroatoms. The molecule has 1 heterocycles. The highest BCUT2D eigenvalue weighted by atomic mass is 16.6. The molecule has 0 saturated carbocycles. The number of nitro benzene ring substituents is 1. The highest BCUT2D eigenvalue weighted by Gasteiger charge is 2.18. The van der Waals surface area contributed by atoms with Gasteiger partial charge in [-0.3, -0.25) is 14.9 Å². The number of hydrogen-bond donors (Lipinski definition) is 1. The maximum Gasteiger partial charge on any atom is 0.292 e. The van der Waals surface area contributed by atoms with E-state index in [0.29, 0.717) is 23.4 Å². The van der Waals surface area contributed by atoms with Crippen molar-refractivity contribution in [1.82, 2.24) is 4.90 Å². The maximum atomic E-state index is 12.5. The average molecular weight is 364 g/mol. The van der Waals surface area contributed by atoms with Gasteiger partial charge in [0.2, 0.25) is 0 Å². The topological polar surface area (TPSA) is 99.3 Å². The van der Waals surface area contributed by atoms with Crippen LogP contribution in [0.5, 0.6) is 0 Å². The first-order chi connectivity index (χ1) is 13.1. The third-order valence-electron chi connectivity index (χ3n) is 4.65. The molecule has 1 amide bonds. The van der Waals surface area contributed by atoms with Crippen molar-refractivity contribution in [2.24, 2.45) is 0 Å². The fourth-order valence-electron chi connectivity index (χ4n) is 3.15. The zero-order chi connectivity index (χ0) is 19.2. The van der Waals surface area contributed by atoms with E-state index in [4.69, 9.17) is 5.26 Å². The molecule has 0 radical (unpaired) electrons. The number of likely N-dealkylation sites (tertiary alicyclic amines) is 1. The first kappa shape index (κ1) is 18.4. The number of hydrogen-bond acceptors (Lipinski definition) is 5. The summed E-state index contributed by atoms with van der Waals surface area (Å²) in [7, 11) is 0. The van der Waals surface area contributed by atoms with Gasteiger partial charge in [0.05, 0.1) is 16.6 Å². The highest BCUT2D eigenvalue weighted by Crippen LogP contribution is 2.26. The van der Waals surface area contributed by atoms with Gasteiger partial charge in [0, 0.05) is 31.3 Å². The van der Waals surface area contributed by atoms with Crippen molar-refractivity contribution in [2.45, 2.75) is 25.8 Å². The lowest BCUT2D eigenvalue weighted by molar-refractivity contribution is -0.384. The van der Waals surface area contributed by atoms with Gasteiger partial charge >= 0.3 is 0 Å². The predicted molar refractivity (Wildman–Crippen MR) is 101 cm³/mol. The number of nitrogens with zero attached hydrogens (tertiary/aromatic N) is 3. The number of nitrogens with one attached hydrogen (secondary N) is 1. The lowest BCUT2D eigenvalue weighted by Gasteiger charge is -2.26. The molecular formula is C20H20N4O3. The van der Waals surface area contributed by atoms with E-state index in [1.807, 2.05) is 23.1 Å². The molecule has 1 saturated heterocycles. The normalized spacial score (nSPS) is 13.7. The maximum absolute atomic E-state index is 12.5. The van der Waals surface area contributed by atoms with Crippen LogP contribution in [0.3, 0.4) is 0 Å². The molecule has 0 bridgehead atoms. The third-order valence-corrected chi connectivity index (χ3v) is 4.65. The molecule has 27 heavy (non-hydrogen) atoms. The van der Waals surface area contributed by atoms with Crippen molar-refractivity contribution < 1.29 is 9.72 Å². The van der Waals surface area contributed by atoms with Gasteiger partial charge in [-0.25, -0.2) is 0 Å². The van der Waals surface area contributed by atoms with E-state index in [-0.39, 0.29) is 11.6 Å². The quantitative estimate of drug-likeness (QED) is 0.644. The second-order valence-electron chi connectivity index (χ2n) is 6.50.